The number of rotatable bonds is 4. The standard InChI is InChI=1S/C14H18N2O4/c1-14(11(20-2)8-15-12(14)17)16(13(18)19)9-10-6-4-3-5-7-10/h3-7,11H,8-9H2,1-2H3,(H,15,17)(H,18,19)/t11?,14-/m0/s1. The van der Waals surface area contributed by atoms with Gasteiger partial charge in [-0.25, -0.2) is 4.79 Å². The van der Waals surface area contributed by atoms with Crippen LogP contribution in [0.4, 0.5) is 4.79 Å². The topological polar surface area (TPSA) is 78.9 Å². The predicted octanol–water partition coefficient (Wildman–Crippen LogP) is 1.07. The number of ether oxygens (including phenoxy) is 1. The highest BCUT2D eigenvalue weighted by atomic mass is 16.5. The van der Waals surface area contributed by atoms with Gasteiger partial charge in [-0.05, 0) is 12.5 Å². The van der Waals surface area contributed by atoms with E-state index < -0.39 is 17.7 Å². The maximum atomic E-state index is 12.1. The van der Waals surface area contributed by atoms with Crippen molar-refractivity contribution in [3.05, 3.63) is 35.9 Å². The minimum Gasteiger partial charge on any atom is -0.465 e. The van der Waals surface area contributed by atoms with Crippen LogP contribution in [0.25, 0.3) is 0 Å². The summed E-state index contributed by atoms with van der Waals surface area (Å²) in [5.41, 5.74) is -0.401. The smallest absolute Gasteiger partial charge is 0.408 e. The molecule has 2 atom stereocenters. The van der Waals surface area contributed by atoms with Crippen molar-refractivity contribution in [3.63, 3.8) is 0 Å². The molecule has 0 spiro atoms. The molecule has 1 fully saturated rings. The lowest BCUT2D eigenvalue weighted by Gasteiger charge is -2.37. The van der Waals surface area contributed by atoms with Crippen LogP contribution >= 0.6 is 0 Å². The Kier molecular flexibility index (Phi) is 3.94. The van der Waals surface area contributed by atoms with Crippen molar-refractivity contribution in [2.45, 2.75) is 25.1 Å². The Morgan fingerprint density at radius 3 is 2.70 bits per heavy atom. The lowest BCUT2D eigenvalue weighted by molar-refractivity contribution is -0.132. The molecule has 1 heterocycles. The number of nitrogens with one attached hydrogen (secondary N) is 1. The molecule has 1 unspecified atom stereocenters. The molecule has 1 aliphatic rings. The monoisotopic (exact) mass is 278 g/mol. The fourth-order valence-corrected chi connectivity index (χ4v) is 2.52. The summed E-state index contributed by atoms with van der Waals surface area (Å²) in [4.78, 5) is 24.8. The first kappa shape index (κ1) is 14.3. The van der Waals surface area contributed by atoms with Gasteiger partial charge in [0, 0.05) is 13.7 Å². The summed E-state index contributed by atoms with van der Waals surface area (Å²) in [6, 6.07) is 9.18. The third-order valence-corrected chi connectivity index (χ3v) is 3.79. The van der Waals surface area contributed by atoms with E-state index in [1.165, 1.54) is 7.11 Å². The molecule has 20 heavy (non-hydrogen) atoms. The normalized spacial score (nSPS) is 25.3. The maximum Gasteiger partial charge on any atom is 0.408 e. The average Bonchev–Trinajstić information content (AvgIpc) is 2.73. The molecule has 2 rings (SSSR count). The number of carbonyl (C=O) groups is 2. The first-order chi connectivity index (χ1) is 9.50. The van der Waals surface area contributed by atoms with Gasteiger partial charge in [0.25, 0.3) is 0 Å². The molecule has 0 aromatic heterocycles. The van der Waals surface area contributed by atoms with Gasteiger partial charge in [-0.2, -0.15) is 0 Å². The largest absolute Gasteiger partial charge is 0.465 e. The van der Waals surface area contributed by atoms with Crippen molar-refractivity contribution in [2.24, 2.45) is 0 Å². The molecule has 2 amide bonds. The van der Waals surface area contributed by atoms with Gasteiger partial charge in [-0.1, -0.05) is 30.3 Å². The number of amides is 2. The molecule has 0 bridgehead atoms. The second kappa shape index (κ2) is 5.50. The zero-order valence-electron chi connectivity index (χ0n) is 11.5. The third-order valence-electron chi connectivity index (χ3n) is 3.79. The van der Waals surface area contributed by atoms with Gasteiger partial charge in [0.15, 0.2) is 0 Å². The molecule has 108 valence electrons. The average molecular weight is 278 g/mol. The van der Waals surface area contributed by atoms with Crippen molar-refractivity contribution in [3.8, 4) is 0 Å². The Balaban J connectivity index is 2.32. The summed E-state index contributed by atoms with van der Waals surface area (Å²) in [5, 5.41) is 12.1. The molecule has 0 saturated carbocycles. The minimum atomic E-state index is -1.23. The Bertz CT molecular complexity index is 505. The molecular weight excluding hydrogens is 260 g/mol. The van der Waals surface area contributed by atoms with Crippen LogP contribution in [0.5, 0.6) is 0 Å². The maximum absolute atomic E-state index is 12.1. The van der Waals surface area contributed by atoms with Gasteiger partial charge in [-0.15, -0.1) is 0 Å². The van der Waals surface area contributed by atoms with Crippen molar-refractivity contribution < 1.29 is 19.4 Å². The van der Waals surface area contributed by atoms with Crippen LogP contribution in [0.3, 0.4) is 0 Å². The first-order valence-corrected chi connectivity index (χ1v) is 6.35. The summed E-state index contributed by atoms with van der Waals surface area (Å²) >= 11 is 0. The number of hydrogen-bond donors (Lipinski definition) is 2. The zero-order valence-corrected chi connectivity index (χ0v) is 11.5. The summed E-state index contributed by atoms with van der Waals surface area (Å²) < 4.78 is 5.28. The molecule has 1 aromatic carbocycles. The molecule has 0 radical (unpaired) electrons. The quantitative estimate of drug-likeness (QED) is 0.863. The van der Waals surface area contributed by atoms with E-state index >= 15 is 0 Å². The number of nitrogens with zero attached hydrogens (tertiary/aromatic N) is 1. The number of carboxylic acid groups (broad SMARTS) is 1. The number of methoxy groups -OCH3 is 1. The Morgan fingerprint density at radius 1 is 1.50 bits per heavy atom. The molecule has 6 nitrogen and oxygen atoms in total. The van der Waals surface area contributed by atoms with Gasteiger partial charge in [0.1, 0.15) is 11.6 Å². The van der Waals surface area contributed by atoms with Gasteiger partial charge in [-0.3, -0.25) is 9.69 Å². The van der Waals surface area contributed by atoms with E-state index in [-0.39, 0.29) is 12.5 Å². The predicted molar refractivity (Wildman–Crippen MR) is 72.2 cm³/mol. The fourth-order valence-electron chi connectivity index (χ4n) is 2.52. The van der Waals surface area contributed by atoms with Gasteiger partial charge >= 0.3 is 6.09 Å². The molecule has 1 aromatic rings. The van der Waals surface area contributed by atoms with Crippen molar-refractivity contribution >= 4 is 12.0 Å². The van der Waals surface area contributed by atoms with E-state index in [1.807, 2.05) is 30.3 Å². The van der Waals surface area contributed by atoms with Crippen LogP contribution in [0, 0.1) is 0 Å². The number of hydrogen-bond acceptors (Lipinski definition) is 3. The van der Waals surface area contributed by atoms with Crippen molar-refractivity contribution in [1.29, 1.82) is 0 Å². The molecule has 6 heteroatoms. The van der Waals surface area contributed by atoms with Gasteiger partial charge in [0.2, 0.25) is 5.91 Å². The lowest BCUT2D eigenvalue weighted by Crippen LogP contribution is -2.59. The Labute approximate surface area is 117 Å². The third kappa shape index (κ3) is 2.34. The highest BCUT2D eigenvalue weighted by Gasteiger charge is 2.53. The Morgan fingerprint density at radius 2 is 2.15 bits per heavy atom. The molecular formula is C14H18N2O4. The summed E-state index contributed by atoms with van der Waals surface area (Å²) in [5.74, 6) is -0.331. The van der Waals surface area contributed by atoms with E-state index in [0.717, 1.165) is 10.5 Å². The second-order valence-corrected chi connectivity index (χ2v) is 4.94. The highest BCUT2D eigenvalue weighted by Crippen LogP contribution is 2.28. The van der Waals surface area contributed by atoms with Gasteiger partial charge in [0.05, 0.1) is 6.54 Å². The van der Waals surface area contributed by atoms with Crippen LogP contribution in [-0.2, 0) is 16.1 Å². The lowest BCUT2D eigenvalue weighted by atomic mass is 9.94. The summed E-state index contributed by atoms with van der Waals surface area (Å²) in [6.45, 7) is 2.05. The van der Waals surface area contributed by atoms with Crippen LogP contribution in [0.1, 0.15) is 12.5 Å². The van der Waals surface area contributed by atoms with E-state index in [2.05, 4.69) is 5.32 Å². The number of carbonyl (C=O) groups excluding carboxylic acids is 1. The van der Waals surface area contributed by atoms with E-state index in [1.54, 1.807) is 6.92 Å². The first-order valence-electron chi connectivity index (χ1n) is 6.35. The number of benzene rings is 1. The Hall–Kier alpha value is -2.08. The van der Waals surface area contributed by atoms with Crippen LogP contribution in [0.15, 0.2) is 30.3 Å². The summed E-state index contributed by atoms with van der Waals surface area (Å²) in [6.07, 6.45) is -1.65. The fraction of sp³-hybridized carbons (Fsp3) is 0.429. The van der Waals surface area contributed by atoms with E-state index in [0.29, 0.717) is 6.54 Å². The minimum absolute atomic E-state index is 0.139. The molecule has 0 aliphatic carbocycles. The molecule has 2 N–H and O–H groups in total. The van der Waals surface area contributed by atoms with E-state index in [4.69, 9.17) is 4.74 Å². The molecule has 1 aliphatic heterocycles. The van der Waals surface area contributed by atoms with Gasteiger partial charge < -0.3 is 15.2 Å². The molecule has 1 saturated heterocycles. The highest BCUT2D eigenvalue weighted by molar-refractivity contribution is 5.92. The van der Waals surface area contributed by atoms with Crippen molar-refractivity contribution in [1.82, 2.24) is 10.2 Å². The zero-order chi connectivity index (χ0) is 14.8. The van der Waals surface area contributed by atoms with Crippen molar-refractivity contribution in [2.75, 3.05) is 13.7 Å². The van der Waals surface area contributed by atoms with Crippen LogP contribution in [-0.4, -0.2) is 47.3 Å². The van der Waals surface area contributed by atoms with Crippen LogP contribution < -0.4 is 5.32 Å². The second-order valence-electron chi connectivity index (χ2n) is 4.94. The summed E-state index contributed by atoms with van der Waals surface area (Å²) in [7, 11) is 1.48. The van der Waals surface area contributed by atoms with Crippen LogP contribution in [0.2, 0.25) is 0 Å². The SMILES string of the molecule is COC1CNC(=O)[C@@]1(C)N(Cc1ccccc1)C(=O)O. The van der Waals surface area contributed by atoms with E-state index in [9.17, 15) is 14.7 Å².